The minimum Gasteiger partial charge on any atom is -0.334 e. The van der Waals surface area contributed by atoms with Crippen molar-refractivity contribution in [2.24, 2.45) is 5.73 Å². The lowest BCUT2D eigenvalue weighted by molar-refractivity contribution is 0.0741. The molecule has 18 heavy (non-hydrogen) atoms. The fourth-order valence-corrected chi connectivity index (χ4v) is 2.41. The van der Waals surface area contributed by atoms with Crippen molar-refractivity contribution in [2.45, 2.75) is 18.9 Å². The Balaban J connectivity index is 0.00000162. The Bertz CT molecular complexity index is 442. The summed E-state index contributed by atoms with van der Waals surface area (Å²) in [6.45, 7) is 1.14. The van der Waals surface area contributed by atoms with Crippen LogP contribution in [0.4, 0.5) is 4.39 Å². The first kappa shape index (κ1) is 15.2. The first-order valence-electron chi connectivity index (χ1n) is 5.59. The quantitative estimate of drug-likeness (QED) is 0.910. The van der Waals surface area contributed by atoms with Gasteiger partial charge in [0.2, 0.25) is 0 Å². The van der Waals surface area contributed by atoms with Crippen molar-refractivity contribution in [3.05, 3.63) is 34.6 Å². The molecule has 0 saturated carbocycles. The molecule has 1 aliphatic rings. The summed E-state index contributed by atoms with van der Waals surface area (Å²) in [6, 6.07) is 3.89. The Morgan fingerprint density at radius 1 is 1.56 bits per heavy atom. The van der Waals surface area contributed by atoms with E-state index >= 15 is 0 Å². The number of amides is 1. The van der Waals surface area contributed by atoms with Gasteiger partial charge < -0.3 is 10.6 Å². The van der Waals surface area contributed by atoms with E-state index in [1.807, 2.05) is 0 Å². The largest absolute Gasteiger partial charge is 0.334 e. The zero-order valence-corrected chi connectivity index (χ0v) is 11.3. The number of benzene rings is 1. The molecule has 6 heteroatoms. The highest BCUT2D eigenvalue weighted by molar-refractivity contribution is 6.33. The highest BCUT2D eigenvalue weighted by Crippen LogP contribution is 2.24. The molecule has 1 amide bonds. The molecule has 100 valence electrons. The molecule has 1 saturated heterocycles. The lowest BCUT2D eigenvalue weighted by Crippen LogP contribution is -2.40. The second kappa shape index (κ2) is 6.36. The van der Waals surface area contributed by atoms with Crippen molar-refractivity contribution in [3.63, 3.8) is 0 Å². The predicted molar refractivity (Wildman–Crippen MR) is 71.8 cm³/mol. The lowest BCUT2D eigenvalue weighted by Gasteiger charge is -2.23. The second-order valence-electron chi connectivity index (χ2n) is 4.15. The topological polar surface area (TPSA) is 46.3 Å². The summed E-state index contributed by atoms with van der Waals surface area (Å²) in [6.07, 6.45) is 1.87. The van der Waals surface area contributed by atoms with Gasteiger partial charge in [0, 0.05) is 19.1 Å². The summed E-state index contributed by atoms with van der Waals surface area (Å²) >= 11 is 5.87. The number of halogens is 3. The Hall–Kier alpha value is -0.840. The average molecular weight is 293 g/mol. The van der Waals surface area contributed by atoms with Crippen LogP contribution in [-0.4, -0.2) is 29.9 Å². The van der Waals surface area contributed by atoms with Crippen LogP contribution in [0.15, 0.2) is 18.2 Å². The van der Waals surface area contributed by atoms with Gasteiger partial charge in [-0.2, -0.15) is 0 Å². The maximum absolute atomic E-state index is 12.9. The van der Waals surface area contributed by atoms with Gasteiger partial charge >= 0.3 is 0 Å². The maximum atomic E-state index is 12.9. The molecule has 2 rings (SSSR count). The smallest absolute Gasteiger partial charge is 0.255 e. The first-order chi connectivity index (χ1) is 8.13. The van der Waals surface area contributed by atoms with Gasteiger partial charge in [0.15, 0.2) is 0 Å². The molecule has 3 nitrogen and oxygen atoms in total. The maximum Gasteiger partial charge on any atom is 0.255 e. The third kappa shape index (κ3) is 2.94. The summed E-state index contributed by atoms with van der Waals surface area (Å²) in [4.78, 5) is 13.9. The lowest BCUT2D eigenvalue weighted by atomic mass is 10.1. The van der Waals surface area contributed by atoms with Crippen LogP contribution in [0.3, 0.4) is 0 Å². The van der Waals surface area contributed by atoms with Gasteiger partial charge in [0.05, 0.1) is 10.6 Å². The van der Waals surface area contributed by atoms with Crippen molar-refractivity contribution >= 4 is 29.9 Å². The summed E-state index contributed by atoms with van der Waals surface area (Å²) < 4.78 is 12.9. The number of nitrogens with zero attached hydrogens (tertiary/aromatic N) is 1. The summed E-state index contributed by atoms with van der Waals surface area (Å²) in [7, 11) is 0. The van der Waals surface area contributed by atoms with Crippen LogP contribution in [0.25, 0.3) is 0 Å². The molecule has 1 atom stereocenters. The number of hydrogen-bond donors (Lipinski definition) is 1. The number of hydrogen-bond acceptors (Lipinski definition) is 2. The van der Waals surface area contributed by atoms with E-state index in [4.69, 9.17) is 17.3 Å². The van der Waals surface area contributed by atoms with E-state index in [1.54, 1.807) is 4.90 Å². The molecule has 0 bridgehead atoms. The van der Waals surface area contributed by atoms with Gasteiger partial charge in [-0.25, -0.2) is 4.39 Å². The van der Waals surface area contributed by atoms with E-state index in [2.05, 4.69) is 0 Å². The van der Waals surface area contributed by atoms with E-state index in [0.717, 1.165) is 18.9 Å². The molecular formula is C12H15Cl2FN2O. The molecule has 1 aromatic rings. The third-order valence-corrected chi connectivity index (χ3v) is 3.38. The molecule has 1 aromatic carbocycles. The number of nitrogens with two attached hydrogens (primary N) is 1. The minimum atomic E-state index is -0.441. The van der Waals surface area contributed by atoms with Crippen molar-refractivity contribution in [3.8, 4) is 0 Å². The molecule has 0 spiro atoms. The van der Waals surface area contributed by atoms with E-state index in [9.17, 15) is 9.18 Å². The highest BCUT2D eigenvalue weighted by atomic mass is 35.5. The average Bonchev–Trinajstić information content (AvgIpc) is 2.76. The first-order valence-corrected chi connectivity index (χ1v) is 5.97. The van der Waals surface area contributed by atoms with Crippen LogP contribution in [0, 0.1) is 5.82 Å². The Labute approximate surface area is 116 Å². The zero-order chi connectivity index (χ0) is 12.4. The van der Waals surface area contributed by atoms with Crippen molar-refractivity contribution in [1.29, 1.82) is 0 Å². The Kier molecular flexibility index (Phi) is 5.38. The van der Waals surface area contributed by atoms with Gasteiger partial charge in [-0.1, -0.05) is 11.6 Å². The normalized spacial score (nSPS) is 18.6. The summed E-state index contributed by atoms with van der Waals surface area (Å²) in [5.74, 6) is -0.605. The Morgan fingerprint density at radius 3 is 2.89 bits per heavy atom. The molecule has 0 aliphatic carbocycles. The van der Waals surface area contributed by atoms with Crippen molar-refractivity contribution in [2.75, 3.05) is 13.1 Å². The number of carbonyl (C=O) groups is 1. The summed E-state index contributed by atoms with van der Waals surface area (Å²) in [5.41, 5.74) is 5.96. The van der Waals surface area contributed by atoms with Gasteiger partial charge in [0.1, 0.15) is 5.82 Å². The molecule has 1 heterocycles. The monoisotopic (exact) mass is 292 g/mol. The molecule has 1 fully saturated rings. The Morgan fingerprint density at radius 2 is 2.28 bits per heavy atom. The van der Waals surface area contributed by atoms with Crippen LogP contribution in [0.5, 0.6) is 0 Å². The van der Waals surface area contributed by atoms with Crippen molar-refractivity contribution < 1.29 is 9.18 Å². The van der Waals surface area contributed by atoms with Crippen LogP contribution < -0.4 is 5.73 Å². The number of carbonyl (C=O) groups excluding carboxylic acids is 1. The predicted octanol–water partition coefficient (Wildman–Crippen LogP) is 2.46. The standard InChI is InChI=1S/C12H14ClFN2O.ClH/c13-11-6-8(14)3-4-10(11)12(17)16-5-1-2-9(16)7-15;/h3-4,6,9H,1-2,5,7,15H2;1H. The summed E-state index contributed by atoms with van der Waals surface area (Å²) in [5, 5.41) is 0.151. The van der Waals surface area contributed by atoms with E-state index in [1.165, 1.54) is 12.1 Å². The fourth-order valence-electron chi connectivity index (χ4n) is 2.17. The van der Waals surface area contributed by atoms with Crippen LogP contribution in [-0.2, 0) is 0 Å². The zero-order valence-electron chi connectivity index (χ0n) is 9.73. The van der Waals surface area contributed by atoms with E-state index < -0.39 is 5.82 Å². The van der Waals surface area contributed by atoms with Crippen LogP contribution >= 0.6 is 24.0 Å². The SMILES string of the molecule is Cl.NCC1CCCN1C(=O)c1ccc(F)cc1Cl. The van der Waals surface area contributed by atoms with E-state index in [-0.39, 0.29) is 29.4 Å². The van der Waals surface area contributed by atoms with Crippen LogP contribution in [0.1, 0.15) is 23.2 Å². The number of rotatable bonds is 2. The van der Waals surface area contributed by atoms with Crippen LogP contribution in [0.2, 0.25) is 5.02 Å². The van der Waals surface area contributed by atoms with E-state index in [0.29, 0.717) is 18.7 Å². The molecular weight excluding hydrogens is 278 g/mol. The van der Waals surface area contributed by atoms with Gasteiger partial charge in [-0.05, 0) is 31.0 Å². The highest BCUT2D eigenvalue weighted by Gasteiger charge is 2.29. The fraction of sp³-hybridized carbons (Fsp3) is 0.417. The third-order valence-electron chi connectivity index (χ3n) is 3.07. The molecule has 1 unspecified atom stereocenters. The van der Waals surface area contributed by atoms with Gasteiger partial charge in [-0.3, -0.25) is 4.79 Å². The van der Waals surface area contributed by atoms with Gasteiger partial charge in [0.25, 0.3) is 5.91 Å². The van der Waals surface area contributed by atoms with Crippen molar-refractivity contribution in [1.82, 2.24) is 4.90 Å². The molecule has 1 aliphatic heterocycles. The molecule has 2 N–H and O–H groups in total. The number of likely N-dealkylation sites (tertiary alicyclic amines) is 1. The second-order valence-corrected chi connectivity index (χ2v) is 4.56. The molecule has 0 radical (unpaired) electrons. The van der Waals surface area contributed by atoms with Gasteiger partial charge in [-0.15, -0.1) is 12.4 Å². The minimum absolute atomic E-state index is 0. The molecule has 0 aromatic heterocycles.